The Balaban J connectivity index is 1.59. The summed E-state index contributed by atoms with van der Waals surface area (Å²) >= 11 is 6.22. The number of phenols is 1. The maximum atomic E-state index is 12.6. The highest BCUT2D eigenvalue weighted by Crippen LogP contribution is 2.46. The minimum Gasteiger partial charge on any atom is -0.744 e. The van der Waals surface area contributed by atoms with Crippen LogP contribution >= 0.6 is 11.6 Å². The minimum atomic E-state index is -5.54. The van der Waals surface area contributed by atoms with E-state index >= 15 is 0 Å². The molecule has 56 heavy (non-hydrogen) atoms. The first-order valence-corrected chi connectivity index (χ1v) is 21.4. The molecule has 25 heteroatoms. The van der Waals surface area contributed by atoms with Crippen molar-refractivity contribution in [3.8, 4) is 5.75 Å². The fourth-order valence-corrected chi connectivity index (χ4v) is 8.52. The summed E-state index contributed by atoms with van der Waals surface area (Å²) in [6.07, 6.45) is 0. The smallest absolute Gasteiger partial charge is 0.296 e. The molecule has 1 aromatic heterocycles. The van der Waals surface area contributed by atoms with Crippen molar-refractivity contribution in [1.82, 2.24) is 15.0 Å². The first-order valence-electron chi connectivity index (χ1n) is 15.3. The standard InChI is InChI=1S/C31H24ClN7O13S4/c1-2-39(17-7-4-3-5-8-17)31-35-29(32)34-30(36-31)33-22-15-18(53(41,42)43)13-16-14-24(55(47,48)49)26(27(40)25(16)22)38-37-21-12-11-19-20(28(21)56(50,51)52)9-6-10-23(19)54(44,45)46/h3-15,40H,2H2,1H3,(H,41,42,43)(H,44,45,46)(H,47,48,49)(H,50,51,52)(H,33,34,35,36)/p-1. The molecule has 292 valence electrons. The average Bonchev–Trinajstić information content (AvgIpc) is 3.09. The number of hydrogen-bond donors (Lipinski definition) is 5. The number of hydrogen-bond acceptors (Lipinski definition) is 17. The number of halogens is 1. The third kappa shape index (κ3) is 8.08. The quantitative estimate of drug-likeness (QED) is 0.0793. The predicted octanol–water partition coefficient (Wildman–Crippen LogP) is 5.50. The Morgan fingerprint density at radius 2 is 1.45 bits per heavy atom. The van der Waals surface area contributed by atoms with Gasteiger partial charge in [0.2, 0.25) is 17.2 Å². The second-order valence-electron chi connectivity index (χ2n) is 11.4. The molecule has 5 aromatic carbocycles. The summed E-state index contributed by atoms with van der Waals surface area (Å²) in [5, 5.41) is 19.4. The number of benzene rings is 5. The van der Waals surface area contributed by atoms with E-state index in [1.54, 1.807) is 42.2 Å². The summed E-state index contributed by atoms with van der Waals surface area (Å²) in [5.41, 5.74) is -1.65. The van der Waals surface area contributed by atoms with E-state index in [2.05, 4.69) is 30.5 Å². The Kier molecular flexibility index (Phi) is 10.5. The topological polar surface area (TPSA) is 319 Å². The van der Waals surface area contributed by atoms with Gasteiger partial charge in [0.15, 0.2) is 5.75 Å². The number of aromatic hydroxyl groups is 1. The highest BCUT2D eigenvalue weighted by Gasteiger charge is 2.27. The lowest BCUT2D eigenvalue weighted by atomic mass is 10.1. The van der Waals surface area contributed by atoms with E-state index in [1.165, 1.54) is 0 Å². The molecule has 6 aromatic rings. The molecule has 20 nitrogen and oxygen atoms in total. The molecular weight excluding hydrogens is 842 g/mol. The van der Waals surface area contributed by atoms with Crippen molar-refractivity contribution in [2.45, 2.75) is 26.5 Å². The highest BCUT2D eigenvalue weighted by molar-refractivity contribution is 7.87. The van der Waals surface area contributed by atoms with Crippen molar-refractivity contribution in [1.29, 1.82) is 0 Å². The molecule has 1 heterocycles. The van der Waals surface area contributed by atoms with Crippen LogP contribution in [-0.2, 0) is 40.5 Å². The Labute approximate surface area is 322 Å². The lowest BCUT2D eigenvalue weighted by Crippen LogP contribution is -2.19. The normalized spacial score (nSPS) is 12.8. The number of rotatable bonds is 11. The molecule has 0 spiro atoms. The largest absolute Gasteiger partial charge is 0.744 e. The van der Waals surface area contributed by atoms with E-state index in [4.69, 9.17) is 11.6 Å². The molecule has 6 rings (SSSR count). The van der Waals surface area contributed by atoms with Crippen LogP contribution in [0.5, 0.6) is 5.75 Å². The number of aromatic nitrogens is 3. The number of anilines is 4. The number of nitrogens with zero attached hydrogens (tertiary/aromatic N) is 6. The summed E-state index contributed by atoms with van der Waals surface area (Å²) in [6, 6.07) is 15.7. The van der Waals surface area contributed by atoms with Crippen LogP contribution in [0.15, 0.2) is 109 Å². The molecule has 0 aliphatic carbocycles. The third-order valence-corrected chi connectivity index (χ3v) is 11.6. The number of fused-ring (bicyclic) bond motifs is 2. The highest BCUT2D eigenvalue weighted by atomic mass is 35.5. The second-order valence-corrected chi connectivity index (χ2v) is 17.3. The molecule has 0 bridgehead atoms. The molecule has 5 N–H and O–H groups in total. The minimum absolute atomic E-state index is 0.00651. The zero-order valence-electron chi connectivity index (χ0n) is 27.9. The predicted molar refractivity (Wildman–Crippen MR) is 198 cm³/mol. The van der Waals surface area contributed by atoms with Gasteiger partial charge >= 0.3 is 0 Å². The Morgan fingerprint density at radius 3 is 2.05 bits per heavy atom. The SMILES string of the molecule is CCN(c1ccccc1)c1nc(Cl)nc(Nc2cc(S(=O)(=O)O)cc3cc(S(=O)(=O)O)c(N=Nc4ccc5c(S(=O)(=O)O)cccc5c4S(=O)(=O)[O-])c(O)c23)n1. The van der Waals surface area contributed by atoms with E-state index in [9.17, 15) is 57.0 Å². The molecular formula is C31H23ClN7O13S4-. The summed E-state index contributed by atoms with van der Waals surface area (Å²) in [5.74, 6) is -1.48. The van der Waals surface area contributed by atoms with Crippen LogP contribution < -0.4 is 10.2 Å². The average molecular weight is 865 g/mol. The Bertz CT molecular complexity index is 3080. The van der Waals surface area contributed by atoms with Crippen molar-refractivity contribution in [2.24, 2.45) is 10.2 Å². The molecule has 0 saturated carbocycles. The van der Waals surface area contributed by atoms with Gasteiger partial charge in [-0.15, -0.1) is 10.2 Å². The first-order chi connectivity index (χ1) is 26.1. The zero-order valence-corrected chi connectivity index (χ0v) is 31.9. The summed E-state index contributed by atoms with van der Waals surface area (Å²) < 4.78 is 141. The molecule has 0 saturated heterocycles. The fraction of sp³-hybridized carbons (Fsp3) is 0.0645. The van der Waals surface area contributed by atoms with Gasteiger partial charge in [0, 0.05) is 28.4 Å². The van der Waals surface area contributed by atoms with Gasteiger partial charge in [-0.2, -0.15) is 40.2 Å². The van der Waals surface area contributed by atoms with Crippen LogP contribution in [0, 0.1) is 0 Å². The summed E-state index contributed by atoms with van der Waals surface area (Å²) in [6.45, 7) is 2.11. The lowest BCUT2D eigenvalue weighted by Gasteiger charge is -2.21. The number of nitrogens with one attached hydrogen (secondary N) is 1. The molecule has 0 amide bonds. The van der Waals surface area contributed by atoms with E-state index < -0.39 is 104 Å². The van der Waals surface area contributed by atoms with Gasteiger partial charge in [-0.25, -0.2) is 8.42 Å². The van der Waals surface area contributed by atoms with Crippen molar-refractivity contribution in [2.75, 3.05) is 16.8 Å². The molecule has 0 aliphatic heterocycles. The Hall–Kier alpha value is -5.44. The van der Waals surface area contributed by atoms with Crippen molar-refractivity contribution in [3.63, 3.8) is 0 Å². The molecule has 0 aliphatic rings. The third-order valence-electron chi connectivity index (χ3n) is 7.90. The van der Waals surface area contributed by atoms with Crippen molar-refractivity contribution in [3.05, 3.63) is 84.1 Å². The van der Waals surface area contributed by atoms with Gasteiger partial charge in [0.1, 0.15) is 31.3 Å². The van der Waals surface area contributed by atoms with Crippen molar-refractivity contribution >= 4 is 108 Å². The zero-order chi connectivity index (χ0) is 41.0. The summed E-state index contributed by atoms with van der Waals surface area (Å²) in [7, 11) is -20.9. The fourth-order valence-electron chi connectivity index (χ4n) is 5.64. The van der Waals surface area contributed by atoms with Gasteiger partial charge in [-0.3, -0.25) is 13.7 Å². The van der Waals surface area contributed by atoms with E-state index in [0.29, 0.717) is 18.3 Å². The first kappa shape index (κ1) is 40.2. The van der Waals surface area contributed by atoms with Gasteiger partial charge in [0.05, 0.1) is 15.5 Å². The van der Waals surface area contributed by atoms with Crippen LogP contribution in [0.3, 0.4) is 0 Å². The van der Waals surface area contributed by atoms with Crippen LogP contribution in [-0.4, -0.2) is 78.5 Å². The van der Waals surface area contributed by atoms with Gasteiger partial charge in [-0.1, -0.05) is 36.4 Å². The van der Waals surface area contributed by atoms with Crippen LogP contribution in [0.1, 0.15) is 6.92 Å². The van der Waals surface area contributed by atoms with E-state index in [-0.39, 0.29) is 17.2 Å². The number of phenolic OH excluding ortho intramolecular Hbond substituents is 1. The van der Waals surface area contributed by atoms with Crippen molar-refractivity contribution < 1.29 is 57.0 Å². The van der Waals surface area contributed by atoms with Crippen LogP contribution in [0.25, 0.3) is 21.5 Å². The van der Waals surface area contributed by atoms with E-state index in [1.807, 2.05) is 0 Å². The van der Waals surface area contributed by atoms with Gasteiger partial charge in [-0.05, 0) is 66.4 Å². The lowest BCUT2D eigenvalue weighted by molar-refractivity contribution is 0.463. The number of azo groups is 1. The maximum absolute atomic E-state index is 12.6. The monoisotopic (exact) mass is 864 g/mol. The number of para-hydroxylation sites is 1. The second kappa shape index (κ2) is 14.6. The van der Waals surface area contributed by atoms with Crippen LogP contribution in [0.2, 0.25) is 5.28 Å². The maximum Gasteiger partial charge on any atom is 0.296 e. The van der Waals surface area contributed by atoms with E-state index in [0.717, 1.165) is 42.5 Å². The molecule has 0 atom stereocenters. The Morgan fingerprint density at radius 1 is 0.768 bits per heavy atom. The molecule has 0 unspecified atom stereocenters. The molecule has 0 fully saturated rings. The summed E-state index contributed by atoms with van der Waals surface area (Å²) in [4.78, 5) is 10.1. The van der Waals surface area contributed by atoms with Gasteiger partial charge in [0.25, 0.3) is 30.4 Å². The van der Waals surface area contributed by atoms with Crippen LogP contribution in [0.4, 0.5) is 34.6 Å². The van der Waals surface area contributed by atoms with Gasteiger partial charge < -0.3 is 19.9 Å². The molecule has 0 radical (unpaired) electrons.